The zero-order valence-corrected chi connectivity index (χ0v) is 12.2. The van der Waals surface area contributed by atoms with Gasteiger partial charge >= 0.3 is 0 Å². The average molecular weight is 294 g/mol. The Morgan fingerprint density at radius 1 is 1.67 bits per heavy atom. The first-order chi connectivity index (χ1) is 8.08. The van der Waals surface area contributed by atoms with Crippen molar-refractivity contribution in [1.82, 2.24) is 10.3 Å². The van der Waals surface area contributed by atoms with E-state index in [2.05, 4.69) is 10.3 Å². The number of amides is 1. The molecule has 5 nitrogen and oxygen atoms in total. The Bertz CT molecular complexity index is 373. The summed E-state index contributed by atoms with van der Waals surface area (Å²) in [5, 5.41) is 14.8. The van der Waals surface area contributed by atoms with Gasteiger partial charge in [-0.3, -0.25) is 4.79 Å². The quantitative estimate of drug-likeness (QED) is 0.734. The van der Waals surface area contributed by atoms with Gasteiger partial charge in [0.05, 0.1) is 6.10 Å². The van der Waals surface area contributed by atoms with E-state index in [1.54, 1.807) is 5.38 Å². The zero-order valence-electron chi connectivity index (χ0n) is 10.5. The molecule has 0 aliphatic rings. The maximum Gasteiger partial charge on any atom is 0.270 e. The first kappa shape index (κ1) is 17.3. The van der Waals surface area contributed by atoms with E-state index in [0.717, 1.165) is 11.4 Å². The molecule has 0 aromatic carbocycles. The first-order valence-electron chi connectivity index (χ1n) is 5.69. The lowest BCUT2D eigenvalue weighted by atomic mass is 10.0. The minimum atomic E-state index is -0.517. The Morgan fingerprint density at radius 3 is 2.83 bits per heavy atom. The van der Waals surface area contributed by atoms with Crippen molar-refractivity contribution in [2.24, 2.45) is 11.7 Å². The number of carbonyl (C=O) groups excluding carboxylic acids is 1. The number of hydrogen-bond acceptors (Lipinski definition) is 5. The summed E-state index contributed by atoms with van der Waals surface area (Å²) in [4.78, 5) is 15.7. The van der Waals surface area contributed by atoms with Crippen molar-refractivity contribution in [3.05, 3.63) is 16.1 Å². The van der Waals surface area contributed by atoms with Crippen molar-refractivity contribution in [2.45, 2.75) is 32.9 Å². The minimum absolute atomic E-state index is 0. The molecule has 0 fully saturated rings. The number of nitrogens with two attached hydrogens (primary N) is 1. The molecule has 0 radical (unpaired) electrons. The van der Waals surface area contributed by atoms with Crippen molar-refractivity contribution in [1.29, 1.82) is 0 Å². The van der Waals surface area contributed by atoms with Gasteiger partial charge in [-0.15, -0.1) is 23.7 Å². The number of hydrogen-bond donors (Lipinski definition) is 3. The molecule has 1 aromatic heterocycles. The van der Waals surface area contributed by atoms with Gasteiger partial charge in [-0.05, 0) is 5.92 Å². The minimum Gasteiger partial charge on any atom is -0.391 e. The van der Waals surface area contributed by atoms with Gasteiger partial charge in [-0.1, -0.05) is 20.3 Å². The van der Waals surface area contributed by atoms with Crippen molar-refractivity contribution in [2.75, 3.05) is 6.54 Å². The number of aromatic nitrogens is 1. The maximum atomic E-state index is 11.7. The largest absolute Gasteiger partial charge is 0.391 e. The Kier molecular flexibility index (Phi) is 8.10. The van der Waals surface area contributed by atoms with E-state index in [1.807, 2.05) is 13.8 Å². The maximum absolute atomic E-state index is 11.7. The molecule has 1 rings (SSSR count). The van der Waals surface area contributed by atoms with Gasteiger partial charge in [0.25, 0.3) is 5.91 Å². The first-order valence-corrected chi connectivity index (χ1v) is 6.57. The van der Waals surface area contributed by atoms with Crippen LogP contribution in [0.2, 0.25) is 0 Å². The molecule has 0 saturated carbocycles. The van der Waals surface area contributed by atoms with Crippen molar-refractivity contribution in [3.63, 3.8) is 0 Å². The highest BCUT2D eigenvalue weighted by Gasteiger charge is 2.15. The summed E-state index contributed by atoms with van der Waals surface area (Å²) in [5.41, 5.74) is 5.79. The van der Waals surface area contributed by atoms with Crippen molar-refractivity contribution < 1.29 is 9.90 Å². The summed E-state index contributed by atoms with van der Waals surface area (Å²) in [6, 6.07) is 0. The predicted octanol–water partition coefficient (Wildman–Crippen LogP) is 1.16. The van der Waals surface area contributed by atoms with Crippen LogP contribution in [0.4, 0.5) is 0 Å². The van der Waals surface area contributed by atoms with Gasteiger partial charge in [0.1, 0.15) is 10.7 Å². The number of thiazole rings is 1. The van der Waals surface area contributed by atoms with Crippen LogP contribution in [-0.4, -0.2) is 28.6 Å². The summed E-state index contributed by atoms with van der Waals surface area (Å²) < 4.78 is 0. The van der Waals surface area contributed by atoms with Gasteiger partial charge in [-0.25, -0.2) is 4.98 Å². The van der Waals surface area contributed by atoms with Crippen LogP contribution in [0.15, 0.2) is 5.38 Å². The standard InChI is InChI=1S/C11H19N3O2S.ClH/c1-3-7(2)9(15)5-13-11(16)8-6-17-10(4-12)14-8;/h6-7,9,15H,3-5,12H2,1-2H3,(H,13,16);1H. The number of halogens is 1. The normalized spacial score (nSPS) is 13.6. The number of rotatable bonds is 6. The molecule has 0 spiro atoms. The molecule has 0 aliphatic heterocycles. The summed E-state index contributed by atoms with van der Waals surface area (Å²) in [7, 11) is 0. The van der Waals surface area contributed by atoms with E-state index in [0.29, 0.717) is 12.2 Å². The van der Waals surface area contributed by atoms with E-state index in [1.165, 1.54) is 11.3 Å². The van der Waals surface area contributed by atoms with Gasteiger partial charge in [0.15, 0.2) is 0 Å². The van der Waals surface area contributed by atoms with Crippen molar-refractivity contribution in [3.8, 4) is 0 Å². The molecule has 2 atom stereocenters. The van der Waals surface area contributed by atoms with E-state index in [-0.39, 0.29) is 30.8 Å². The third-order valence-electron chi connectivity index (χ3n) is 2.73. The number of nitrogens with one attached hydrogen (secondary N) is 1. The summed E-state index contributed by atoms with van der Waals surface area (Å²) in [6.45, 7) is 4.55. The predicted molar refractivity (Wildman–Crippen MR) is 75.0 cm³/mol. The molecule has 0 bridgehead atoms. The van der Waals surface area contributed by atoms with E-state index in [9.17, 15) is 9.90 Å². The highest BCUT2D eigenvalue weighted by Crippen LogP contribution is 2.09. The Balaban J connectivity index is 0.00000289. The molecule has 104 valence electrons. The second-order valence-corrected chi connectivity index (χ2v) is 4.94. The SMILES string of the molecule is CCC(C)C(O)CNC(=O)c1csc(CN)n1.Cl. The zero-order chi connectivity index (χ0) is 12.8. The lowest BCUT2D eigenvalue weighted by molar-refractivity contribution is 0.0846. The van der Waals surface area contributed by atoms with Gasteiger partial charge in [0.2, 0.25) is 0 Å². The second kappa shape index (κ2) is 8.42. The van der Waals surface area contributed by atoms with Crippen LogP contribution in [0.25, 0.3) is 0 Å². The Hall–Kier alpha value is -0.690. The number of aliphatic hydroxyl groups is 1. The molecule has 1 aromatic rings. The highest BCUT2D eigenvalue weighted by molar-refractivity contribution is 7.09. The number of nitrogens with zero attached hydrogens (tertiary/aromatic N) is 1. The molecule has 0 aliphatic carbocycles. The van der Waals surface area contributed by atoms with E-state index < -0.39 is 6.10 Å². The van der Waals surface area contributed by atoms with Crippen LogP contribution in [-0.2, 0) is 6.54 Å². The second-order valence-electron chi connectivity index (χ2n) is 3.99. The monoisotopic (exact) mass is 293 g/mol. The van der Waals surface area contributed by atoms with Gasteiger partial charge < -0.3 is 16.2 Å². The summed E-state index contributed by atoms with van der Waals surface area (Å²) >= 11 is 1.36. The van der Waals surface area contributed by atoms with Crippen LogP contribution in [0.1, 0.15) is 35.8 Å². The van der Waals surface area contributed by atoms with Gasteiger partial charge in [-0.2, -0.15) is 0 Å². The molecule has 2 unspecified atom stereocenters. The molecular weight excluding hydrogens is 274 g/mol. The van der Waals surface area contributed by atoms with Crippen LogP contribution in [0.5, 0.6) is 0 Å². The highest BCUT2D eigenvalue weighted by atomic mass is 35.5. The van der Waals surface area contributed by atoms with Crippen LogP contribution in [0.3, 0.4) is 0 Å². The lowest BCUT2D eigenvalue weighted by Gasteiger charge is -2.17. The topological polar surface area (TPSA) is 88.2 Å². The average Bonchev–Trinajstić information content (AvgIpc) is 2.83. The molecule has 7 heteroatoms. The number of aliphatic hydroxyl groups excluding tert-OH is 1. The molecule has 4 N–H and O–H groups in total. The molecule has 1 heterocycles. The third kappa shape index (κ3) is 4.89. The molecular formula is C11H20ClN3O2S. The lowest BCUT2D eigenvalue weighted by Crippen LogP contribution is -2.35. The van der Waals surface area contributed by atoms with Gasteiger partial charge in [0, 0.05) is 18.5 Å². The fraction of sp³-hybridized carbons (Fsp3) is 0.636. The van der Waals surface area contributed by atoms with Crippen LogP contribution < -0.4 is 11.1 Å². The van der Waals surface area contributed by atoms with E-state index in [4.69, 9.17) is 5.73 Å². The molecule has 1 amide bonds. The Morgan fingerprint density at radius 2 is 2.33 bits per heavy atom. The van der Waals surface area contributed by atoms with Crippen LogP contribution in [0, 0.1) is 5.92 Å². The fourth-order valence-electron chi connectivity index (χ4n) is 1.27. The van der Waals surface area contributed by atoms with Crippen molar-refractivity contribution >= 4 is 29.7 Å². The number of carbonyl (C=O) groups is 1. The molecule has 18 heavy (non-hydrogen) atoms. The molecule has 0 saturated heterocycles. The fourth-order valence-corrected chi connectivity index (χ4v) is 1.92. The summed E-state index contributed by atoms with van der Waals surface area (Å²) in [6.07, 6.45) is 0.363. The summed E-state index contributed by atoms with van der Waals surface area (Å²) in [5.74, 6) is -0.0892. The third-order valence-corrected chi connectivity index (χ3v) is 3.60. The Labute approximate surface area is 117 Å². The van der Waals surface area contributed by atoms with E-state index >= 15 is 0 Å². The smallest absolute Gasteiger partial charge is 0.270 e. The van der Waals surface area contributed by atoms with Crippen LogP contribution >= 0.6 is 23.7 Å².